The average molecular weight is 253 g/mol. The van der Waals surface area contributed by atoms with Crippen molar-refractivity contribution in [1.29, 1.82) is 0 Å². The van der Waals surface area contributed by atoms with Crippen molar-refractivity contribution in [3.8, 4) is 0 Å². The SMILES string of the molecule is CCc1cnc(COC(=O)C2=COCCC2)s1. The Morgan fingerprint density at radius 3 is 3.18 bits per heavy atom. The highest BCUT2D eigenvalue weighted by molar-refractivity contribution is 7.11. The van der Waals surface area contributed by atoms with Crippen LogP contribution in [0, 0.1) is 0 Å². The third kappa shape index (κ3) is 3.30. The molecular formula is C12H15NO3S. The van der Waals surface area contributed by atoms with Gasteiger partial charge in [-0.15, -0.1) is 11.3 Å². The molecule has 0 atom stereocenters. The molecule has 0 unspecified atom stereocenters. The first-order valence-electron chi connectivity index (χ1n) is 5.71. The van der Waals surface area contributed by atoms with Gasteiger partial charge in [-0.1, -0.05) is 6.92 Å². The Balaban J connectivity index is 1.85. The summed E-state index contributed by atoms with van der Waals surface area (Å²) in [5.41, 5.74) is 0.614. The van der Waals surface area contributed by atoms with E-state index in [0.29, 0.717) is 12.2 Å². The summed E-state index contributed by atoms with van der Waals surface area (Å²) in [6.07, 6.45) is 5.90. The molecule has 0 aromatic carbocycles. The summed E-state index contributed by atoms with van der Waals surface area (Å²) >= 11 is 1.58. The number of nitrogens with zero attached hydrogens (tertiary/aromatic N) is 1. The second kappa shape index (κ2) is 5.82. The molecule has 2 heterocycles. The van der Waals surface area contributed by atoms with Crippen molar-refractivity contribution in [3.63, 3.8) is 0 Å². The van der Waals surface area contributed by atoms with E-state index in [9.17, 15) is 4.79 Å². The van der Waals surface area contributed by atoms with E-state index in [-0.39, 0.29) is 12.6 Å². The Labute approximate surface area is 104 Å². The third-order valence-electron chi connectivity index (χ3n) is 2.47. The standard InChI is InChI=1S/C12H15NO3S/c1-2-10-6-13-11(17-10)8-16-12(14)9-4-3-5-15-7-9/h6-7H,2-5,8H2,1H3. The molecule has 0 aliphatic carbocycles. The van der Waals surface area contributed by atoms with Crippen LogP contribution in [0.4, 0.5) is 0 Å². The molecule has 0 spiro atoms. The Morgan fingerprint density at radius 1 is 1.65 bits per heavy atom. The number of hydrogen-bond acceptors (Lipinski definition) is 5. The van der Waals surface area contributed by atoms with E-state index >= 15 is 0 Å². The summed E-state index contributed by atoms with van der Waals surface area (Å²) in [6.45, 7) is 3.01. The van der Waals surface area contributed by atoms with Gasteiger partial charge in [-0.25, -0.2) is 9.78 Å². The maximum Gasteiger partial charge on any atom is 0.337 e. The predicted octanol–water partition coefficient (Wildman–Crippen LogP) is 2.44. The molecule has 1 aromatic heterocycles. The molecule has 0 saturated carbocycles. The summed E-state index contributed by atoms with van der Waals surface area (Å²) in [5.74, 6) is -0.294. The van der Waals surface area contributed by atoms with Crippen molar-refractivity contribution in [3.05, 3.63) is 27.9 Å². The Bertz CT molecular complexity index is 425. The highest BCUT2D eigenvalue weighted by Crippen LogP contribution is 2.17. The molecule has 1 aliphatic rings. The highest BCUT2D eigenvalue weighted by atomic mass is 32.1. The molecule has 17 heavy (non-hydrogen) atoms. The molecule has 4 nitrogen and oxygen atoms in total. The molecule has 0 amide bonds. The molecule has 0 radical (unpaired) electrons. The number of esters is 1. The van der Waals surface area contributed by atoms with Gasteiger partial charge in [0.2, 0.25) is 0 Å². The minimum absolute atomic E-state index is 0.251. The molecule has 92 valence electrons. The number of carbonyl (C=O) groups is 1. The number of ether oxygens (including phenoxy) is 2. The van der Waals surface area contributed by atoms with Crippen molar-refractivity contribution < 1.29 is 14.3 Å². The van der Waals surface area contributed by atoms with Gasteiger partial charge in [-0.05, 0) is 19.3 Å². The first-order valence-corrected chi connectivity index (χ1v) is 6.52. The van der Waals surface area contributed by atoms with E-state index in [1.54, 1.807) is 11.3 Å². The smallest absolute Gasteiger partial charge is 0.337 e. The van der Waals surface area contributed by atoms with Crippen LogP contribution in [-0.4, -0.2) is 17.6 Å². The summed E-state index contributed by atoms with van der Waals surface area (Å²) in [4.78, 5) is 17.1. The topological polar surface area (TPSA) is 48.4 Å². The summed E-state index contributed by atoms with van der Waals surface area (Å²) in [5, 5.41) is 0.840. The van der Waals surface area contributed by atoms with E-state index in [1.807, 2.05) is 6.20 Å². The fourth-order valence-electron chi connectivity index (χ4n) is 1.51. The minimum Gasteiger partial charge on any atom is -0.501 e. The zero-order valence-corrected chi connectivity index (χ0v) is 10.6. The van der Waals surface area contributed by atoms with E-state index in [4.69, 9.17) is 9.47 Å². The van der Waals surface area contributed by atoms with E-state index in [1.165, 1.54) is 11.1 Å². The van der Waals surface area contributed by atoms with Crippen LogP contribution in [0.25, 0.3) is 0 Å². The van der Waals surface area contributed by atoms with Gasteiger partial charge in [0.25, 0.3) is 0 Å². The molecule has 2 rings (SSSR count). The van der Waals surface area contributed by atoms with Gasteiger partial charge in [0, 0.05) is 11.1 Å². The lowest BCUT2D eigenvalue weighted by atomic mass is 10.1. The van der Waals surface area contributed by atoms with E-state index in [0.717, 1.165) is 24.3 Å². The second-order valence-corrected chi connectivity index (χ2v) is 4.97. The van der Waals surface area contributed by atoms with Crippen molar-refractivity contribution in [2.45, 2.75) is 32.8 Å². The lowest BCUT2D eigenvalue weighted by Gasteiger charge is -2.12. The van der Waals surface area contributed by atoms with Crippen LogP contribution in [-0.2, 0) is 27.3 Å². The lowest BCUT2D eigenvalue weighted by Crippen LogP contribution is -2.12. The van der Waals surface area contributed by atoms with Crippen LogP contribution in [0.5, 0.6) is 0 Å². The maximum absolute atomic E-state index is 11.7. The number of rotatable bonds is 4. The monoisotopic (exact) mass is 253 g/mol. The largest absolute Gasteiger partial charge is 0.501 e. The maximum atomic E-state index is 11.7. The van der Waals surface area contributed by atoms with Gasteiger partial charge in [-0.2, -0.15) is 0 Å². The Kier molecular flexibility index (Phi) is 4.14. The van der Waals surface area contributed by atoms with Gasteiger partial charge in [-0.3, -0.25) is 0 Å². The lowest BCUT2D eigenvalue weighted by molar-refractivity contribution is -0.140. The second-order valence-electron chi connectivity index (χ2n) is 3.77. The van der Waals surface area contributed by atoms with Gasteiger partial charge < -0.3 is 9.47 Å². The molecule has 1 aromatic rings. The normalized spacial score (nSPS) is 15.0. The Hall–Kier alpha value is -1.36. The van der Waals surface area contributed by atoms with Gasteiger partial charge >= 0.3 is 5.97 Å². The van der Waals surface area contributed by atoms with E-state index < -0.39 is 0 Å². The molecular weight excluding hydrogens is 238 g/mol. The van der Waals surface area contributed by atoms with Crippen molar-refractivity contribution >= 4 is 17.3 Å². The molecule has 0 bridgehead atoms. The fourth-order valence-corrected chi connectivity index (χ4v) is 2.29. The molecule has 5 heteroatoms. The fraction of sp³-hybridized carbons (Fsp3) is 0.500. The zero-order valence-electron chi connectivity index (χ0n) is 9.77. The highest BCUT2D eigenvalue weighted by Gasteiger charge is 2.15. The van der Waals surface area contributed by atoms with E-state index in [2.05, 4.69) is 11.9 Å². The quantitative estimate of drug-likeness (QED) is 0.773. The average Bonchev–Trinajstić information content (AvgIpc) is 2.85. The van der Waals surface area contributed by atoms with Crippen LogP contribution >= 0.6 is 11.3 Å². The van der Waals surface area contributed by atoms with Gasteiger partial charge in [0.05, 0.1) is 18.4 Å². The summed E-state index contributed by atoms with van der Waals surface area (Å²) in [6, 6.07) is 0. The molecule has 1 aliphatic heterocycles. The minimum atomic E-state index is -0.294. The van der Waals surface area contributed by atoms with Gasteiger partial charge in [0.15, 0.2) is 0 Å². The molecule has 0 N–H and O–H groups in total. The number of hydrogen-bond donors (Lipinski definition) is 0. The van der Waals surface area contributed by atoms with Crippen LogP contribution in [0.1, 0.15) is 29.7 Å². The van der Waals surface area contributed by atoms with Crippen molar-refractivity contribution in [2.24, 2.45) is 0 Å². The number of carbonyl (C=O) groups excluding carboxylic acids is 1. The number of aromatic nitrogens is 1. The molecule has 0 fully saturated rings. The summed E-state index contributed by atoms with van der Waals surface area (Å²) in [7, 11) is 0. The number of aryl methyl sites for hydroxylation is 1. The van der Waals surface area contributed by atoms with Crippen LogP contribution in [0.3, 0.4) is 0 Å². The van der Waals surface area contributed by atoms with Crippen molar-refractivity contribution in [1.82, 2.24) is 4.98 Å². The van der Waals surface area contributed by atoms with Crippen LogP contribution in [0.15, 0.2) is 18.0 Å². The van der Waals surface area contributed by atoms with Crippen LogP contribution < -0.4 is 0 Å². The van der Waals surface area contributed by atoms with Crippen molar-refractivity contribution in [2.75, 3.05) is 6.61 Å². The summed E-state index contributed by atoms with van der Waals surface area (Å²) < 4.78 is 10.3. The van der Waals surface area contributed by atoms with Crippen LogP contribution in [0.2, 0.25) is 0 Å². The van der Waals surface area contributed by atoms with Gasteiger partial charge in [0.1, 0.15) is 11.6 Å². The third-order valence-corrected chi connectivity index (χ3v) is 3.59. The zero-order chi connectivity index (χ0) is 12.1. The predicted molar refractivity (Wildman–Crippen MR) is 64.6 cm³/mol. The molecule has 0 saturated heterocycles. The Morgan fingerprint density at radius 2 is 2.53 bits per heavy atom. The first kappa shape index (κ1) is 12.1. The number of thiazole rings is 1. The first-order chi connectivity index (χ1) is 8.29.